The van der Waals surface area contributed by atoms with E-state index in [2.05, 4.69) is 15.1 Å². The Morgan fingerprint density at radius 1 is 1.44 bits per heavy atom. The van der Waals surface area contributed by atoms with Gasteiger partial charge in [-0.15, -0.1) is 0 Å². The Morgan fingerprint density at radius 2 is 2.17 bits per heavy atom. The first-order valence-corrected chi connectivity index (χ1v) is 5.97. The van der Waals surface area contributed by atoms with Crippen LogP contribution in [0.1, 0.15) is 31.4 Å². The predicted molar refractivity (Wildman–Crippen MR) is 67.7 cm³/mol. The van der Waals surface area contributed by atoms with Gasteiger partial charge < -0.3 is 0 Å². The molecule has 2 aromatic rings. The van der Waals surface area contributed by atoms with Gasteiger partial charge in [0.15, 0.2) is 0 Å². The summed E-state index contributed by atoms with van der Waals surface area (Å²) in [5.41, 5.74) is -0.179. The molecule has 0 N–H and O–H groups in total. The first kappa shape index (κ1) is 12.8. The Kier molecular flexibility index (Phi) is 3.47. The maximum Gasteiger partial charge on any atom is 0.255 e. The largest absolute Gasteiger partial charge is 0.289 e. The summed E-state index contributed by atoms with van der Waals surface area (Å²) in [6.45, 7) is 4.27. The molecule has 18 heavy (non-hydrogen) atoms. The van der Waals surface area contributed by atoms with Crippen molar-refractivity contribution in [3.63, 3.8) is 0 Å². The van der Waals surface area contributed by atoms with Crippen LogP contribution in [0.2, 0.25) is 5.15 Å². The highest BCUT2D eigenvalue weighted by Gasteiger charge is 2.13. The van der Waals surface area contributed by atoms with E-state index in [1.807, 2.05) is 13.8 Å². The van der Waals surface area contributed by atoms with Crippen LogP contribution >= 0.6 is 11.6 Å². The van der Waals surface area contributed by atoms with Gasteiger partial charge in [0, 0.05) is 19.0 Å². The minimum Gasteiger partial charge on any atom is -0.289 e. The molecule has 0 radical (unpaired) electrons. The molecule has 0 aliphatic carbocycles. The highest BCUT2D eigenvalue weighted by atomic mass is 35.5. The second-order valence-electron chi connectivity index (χ2n) is 4.32. The molecule has 96 valence electrons. The topological polar surface area (TPSA) is 65.6 Å². The second-order valence-corrected chi connectivity index (χ2v) is 4.70. The summed E-state index contributed by atoms with van der Waals surface area (Å²) in [7, 11) is 1.78. The monoisotopic (exact) mass is 267 g/mol. The molecule has 0 bridgehead atoms. The van der Waals surface area contributed by atoms with Crippen molar-refractivity contribution in [1.82, 2.24) is 24.3 Å². The highest BCUT2D eigenvalue weighted by Crippen LogP contribution is 2.13. The van der Waals surface area contributed by atoms with Crippen LogP contribution in [0.15, 0.2) is 17.2 Å². The summed E-state index contributed by atoms with van der Waals surface area (Å²) in [5.74, 6) is 1.45. The molecule has 0 unspecified atom stereocenters. The Morgan fingerprint density at radius 3 is 2.72 bits per heavy atom. The quantitative estimate of drug-likeness (QED) is 0.784. The SMILES string of the molecule is CC(C)c1nc(Cl)cc(=O)n1Cc1ncnn1C. The number of aryl methyl sites for hydroxylation is 1. The van der Waals surface area contributed by atoms with E-state index in [1.54, 1.807) is 16.3 Å². The van der Waals surface area contributed by atoms with Crippen molar-refractivity contribution in [2.24, 2.45) is 7.05 Å². The van der Waals surface area contributed by atoms with Crippen LogP contribution in [0.5, 0.6) is 0 Å². The minimum absolute atomic E-state index is 0.102. The number of aromatic nitrogens is 5. The number of halogens is 1. The lowest BCUT2D eigenvalue weighted by Gasteiger charge is -2.14. The molecule has 0 aliphatic heterocycles. The van der Waals surface area contributed by atoms with E-state index >= 15 is 0 Å². The lowest BCUT2D eigenvalue weighted by atomic mass is 10.2. The van der Waals surface area contributed by atoms with E-state index in [9.17, 15) is 4.79 Å². The third kappa shape index (κ3) is 2.43. The van der Waals surface area contributed by atoms with Crippen LogP contribution in [-0.4, -0.2) is 24.3 Å². The predicted octanol–water partition coefficient (Wildman–Crippen LogP) is 1.20. The maximum atomic E-state index is 12.0. The molecule has 0 aliphatic rings. The van der Waals surface area contributed by atoms with Gasteiger partial charge in [0.1, 0.15) is 23.1 Å². The van der Waals surface area contributed by atoms with Gasteiger partial charge in [-0.25, -0.2) is 9.97 Å². The zero-order valence-corrected chi connectivity index (χ0v) is 11.2. The summed E-state index contributed by atoms with van der Waals surface area (Å²) in [5, 5.41) is 4.20. The summed E-state index contributed by atoms with van der Waals surface area (Å²) >= 11 is 5.82. The maximum absolute atomic E-state index is 12.0. The summed E-state index contributed by atoms with van der Waals surface area (Å²) in [6, 6.07) is 1.31. The number of nitrogens with zero attached hydrogens (tertiary/aromatic N) is 5. The number of hydrogen-bond acceptors (Lipinski definition) is 4. The van der Waals surface area contributed by atoms with Crippen LogP contribution < -0.4 is 5.56 Å². The molecule has 6 nitrogen and oxygen atoms in total. The Labute approximate surface area is 109 Å². The molecule has 0 spiro atoms. The number of rotatable bonds is 3. The molecular weight excluding hydrogens is 254 g/mol. The Balaban J connectivity index is 2.50. The molecule has 0 atom stereocenters. The van der Waals surface area contributed by atoms with Crippen molar-refractivity contribution < 1.29 is 0 Å². The summed E-state index contributed by atoms with van der Waals surface area (Å²) in [6.07, 6.45) is 1.46. The zero-order valence-electron chi connectivity index (χ0n) is 10.5. The fraction of sp³-hybridized carbons (Fsp3) is 0.455. The average Bonchev–Trinajstić information content (AvgIpc) is 2.67. The van der Waals surface area contributed by atoms with Gasteiger partial charge >= 0.3 is 0 Å². The molecule has 0 saturated heterocycles. The molecule has 2 heterocycles. The fourth-order valence-corrected chi connectivity index (χ4v) is 1.88. The van der Waals surface area contributed by atoms with Crippen molar-refractivity contribution in [3.05, 3.63) is 39.5 Å². The molecule has 2 aromatic heterocycles. The summed E-state index contributed by atoms with van der Waals surface area (Å²) < 4.78 is 3.20. The molecule has 0 amide bonds. The van der Waals surface area contributed by atoms with Gasteiger partial charge in [0.05, 0.1) is 6.54 Å². The lowest BCUT2D eigenvalue weighted by molar-refractivity contribution is 0.582. The van der Waals surface area contributed by atoms with E-state index in [0.29, 0.717) is 18.2 Å². The standard InChI is InChI=1S/C11H14ClN5O/c1-7(2)11-15-8(12)4-10(18)17(11)5-9-13-6-14-16(9)3/h4,6-7H,5H2,1-3H3. The fourth-order valence-electron chi connectivity index (χ4n) is 1.70. The van der Waals surface area contributed by atoms with E-state index in [1.165, 1.54) is 12.4 Å². The smallest absolute Gasteiger partial charge is 0.255 e. The van der Waals surface area contributed by atoms with Crippen LogP contribution in [-0.2, 0) is 13.6 Å². The van der Waals surface area contributed by atoms with Crippen molar-refractivity contribution in [3.8, 4) is 0 Å². The van der Waals surface area contributed by atoms with E-state index < -0.39 is 0 Å². The Hall–Kier alpha value is -1.69. The van der Waals surface area contributed by atoms with Crippen LogP contribution in [0.4, 0.5) is 0 Å². The first-order valence-electron chi connectivity index (χ1n) is 5.59. The van der Waals surface area contributed by atoms with Crippen LogP contribution in [0.3, 0.4) is 0 Å². The van der Waals surface area contributed by atoms with E-state index in [0.717, 1.165) is 0 Å². The van der Waals surface area contributed by atoms with E-state index in [-0.39, 0.29) is 16.6 Å². The molecule has 2 rings (SSSR count). The van der Waals surface area contributed by atoms with Crippen LogP contribution in [0, 0.1) is 0 Å². The Bertz CT molecular complexity index is 616. The van der Waals surface area contributed by atoms with Crippen molar-refractivity contribution >= 4 is 11.6 Å². The molecule has 0 fully saturated rings. The van der Waals surface area contributed by atoms with Gasteiger partial charge in [0.25, 0.3) is 5.56 Å². The van der Waals surface area contributed by atoms with Gasteiger partial charge in [-0.1, -0.05) is 25.4 Å². The third-order valence-electron chi connectivity index (χ3n) is 2.63. The van der Waals surface area contributed by atoms with Gasteiger partial charge in [-0.3, -0.25) is 14.0 Å². The van der Waals surface area contributed by atoms with Gasteiger partial charge in [0.2, 0.25) is 0 Å². The van der Waals surface area contributed by atoms with Crippen molar-refractivity contribution in [1.29, 1.82) is 0 Å². The van der Waals surface area contributed by atoms with Gasteiger partial charge in [-0.2, -0.15) is 5.10 Å². The third-order valence-corrected chi connectivity index (χ3v) is 2.82. The zero-order chi connectivity index (χ0) is 13.3. The highest BCUT2D eigenvalue weighted by molar-refractivity contribution is 6.29. The number of hydrogen-bond donors (Lipinski definition) is 0. The first-order chi connectivity index (χ1) is 8.49. The molecule has 0 aromatic carbocycles. The van der Waals surface area contributed by atoms with Crippen LogP contribution in [0.25, 0.3) is 0 Å². The molecule has 7 heteroatoms. The van der Waals surface area contributed by atoms with E-state index in [4.69, 9.17) is 11.6 Å². The second kappa shape index (κ2) is 4.89. The minimum atomic E-state index is -0.179. The lowest BCUT2D eigenvalue weighted by Crippen LogP contribution is -2.27. The molecular formula is C11H14ClN5O. The van der Waals surface area contributed by atoms with Crippen molar-refractivity contribution in [2.75, 3.05) is 0 Å². The summed E-state index contributed by atoms with van der Waals surface area (Å²) in [4.78, 5) is 20.3. The normalized spacial score (nSPS) is 11.2. The van der Waals surface area contributed by atoms with Gasteiger partial charge in [-0.05, 0) is 0 Å². The van der Waals surface area contributed by atoms with Crippen molar-refractivity contribution in [2.45, 2.75) is 26.3 Å². The molecule has 0 saturated carbocycles. The average molecular weight is 268 g/mol.